The van der Waals surface area contributed by atoms with Crippen molar-refractivity contribution in [2.75, 3.05) is 0 Å². The van der Waals surface area contributed by atoms with Crippen LogP contribution >= 0.6 is 0 Å². The molecule has 1 saturated carbocycles. The minimum absolute atomic E-state index is 0.506. The molecular weight excluding hydrogens is 206 g/mol. The maximum absolute atomic E-state index is 3.72. The Morgan fingerprint density at radius 2 is 1.88 bits per heavy atom. The van der Waals surface area contributed by atoms with Crippen molar-refractivity contribution in [3.05, 3.63) is 35.9 Å². The highest BCUT2D eigenvalue weighted by Gasteiger charge is 2.31. The van der Waals surface area contributed by atoms with Crippen molar-refractivity contribution in [3.63, 3.8) is 0 Å². The van der Waals surface area contributed by atoms with E-state index in [-0.39, 0.29) is 0 Å². The van der Waals surface area contributed by atoms with Gasteiger partial charge in [-0.05, 0) is 36.2 Å². The van der Waals surface area contributed by atoms with Crippen molar-refractivity contribution in [2.45, 2.75) is 52.6 Å². The molecule has 0 aliphatic heterocycles. The Kier molecular flexibility index (Phi) is 3.88. The molecule has 0 radical (unpaired) electrons. The van der Waals surface area contributed by atoms with E-state index in [1.807, 2.05) is 0 Å². The van der Waals surface area contributed by atoms with E-state index in [0.717, 1.165) is 12.5 Å². The van der Waals surface area contributed by atoms with Gasteiger partial charge in [-0.3, -0.25) is 0 Å². The zero-order chi connectivity index (χ0) is 12.3. The standard InChI is InChI=1S/C16H25N/c1-13-9-15(11-16(2,3)10-13)17-12-14-7-5-4-6-8-14/h4-8,13,15,17H,9-12H2,1-3H3. The Morgan fingerprint density at radius 1 is 1.18 bits per heavy atom. The Hall–Kier alpha value is -0.820. The SMILES string of the molecule is CC1CC(NCc2ccccc2)CC(C)(C)C1. The summed E-state index contributed by atoms with van der Waals surface area (Å²) in [6.45, 7) is 8.20. The number of hydrogen-bond donors (Lipinski definition) is 1. The number of hydrogen-bond acceptors (Lipinski definition) is 1. The van der Waals surface area contributed by atoms with E-state index in [1.54, 1.807) is 0 Å². The van der Waals surface area contributed by atoms with Gasteiger partial charge in [0, 0.05) is 12.6 Å². The molecule has 2 unspecified atom stereocenters. The molecule has 0 aromatic heterocycles. The van der Waals surface area contributed by atoms with Crippen LogP contribution in [0.3, 0.4) is 0 Å². The van der Waals surface area contributed by atoms with E-state index < -0.39 is 0 Å². The minimum atomic E-state index is 0.506. The lowest BCUT2D eigenvalue weighted by Crippen LogP contribution is -2.39. The van der Waals surface area contributed by atoms with Crippen molar-refractivity contribution in [3.8, 4) is 0 Å². The topological polar surface area (TPSA) is 12.0 Å². The molecule has 0 bridgehead atoms. The van der Waals surface area contributed by atoms with Crippen LogP contribution < -0.4 is 5.32 Å². The fraction of sp³-hybridized carbons (Fsp3) is 0.625. The summed E-state index contributed by atoms with van der Waals surface area (Å²) in [5, 5.41) is 3.72. The summed E-state index contributed by atoms with van der Waals surface area (Å²) < 4.78 is 0. The summed E-state index contributed by atoms with van der Waals surface area (Å²) in [6, 6.07) is 11.4. The van der Waals surface area contributed by atoms with Crippen LogP contribution in [0.2, 0.25) is 0 Å². The summed E-state index contributed by atoms with van der Waals surface area (Å²) in [6.07, 6.45) is 4.01. The molecule has 17 heavy (non-hydrogen) atoms. The van der Waals surface area contributed by atoms with E-state index in [0.29, 0.717) is 11.5 Å². The lowest BCUT2D eigenvalue weighted by molar-refractivity contribution is 0.151. The van der Waals surface area contributed by atoms with Gasteiger partial charge in [0.2, 0.25) is 0 Å². The Bertz CT molecular complexity index is 342. The van der Waals surface area contributed by atoms with Crippen LogP contribution in [0.15, 0.2) is 30.3 Å². The first-order valence-electron chi connectivity index (χ1n) is 6.82. The van der Waals surface area contributed by atoms with Gasteiger partial charge in [-0.1, -0.05) is 51.1 Å². The van der Waals surface area contributed by atoms with E-state index >= 15 is 0 Å². The third-order valence-corrected chi connectivity index (χ3v) is 3.82. The molecular formula is C16H25N. The molecule has 1 N–H and O–H groups in total. The highest BCUT2D eigenvalue weighted by atomic mass is 14.9. The van der Waals surface area contributed by atoms with Crippen LogP contribution in [-0.2, 0) is 6.54 Å². The molecule has 1 aromatic rings. The molecule has 0 spiro atoms. The van der Waals surface area contributed by atoms with Crippen molar-refractivity contribution < 1.29 is 0 Å². The van der Waals surface area contributed by atoms with Crippen LogP contribution in [0.4, 0.5) is 0 Å². The highest BCUT2D eigenvalue weighted by Crippen LogP contribution is 2.38. The number of rotatable bonds is 3. The van der Waals surface area contributed by atoms with Crippen molar-refractivity contribution in [1.82, 2.24) is 5.32 Å². The van der Waals surface area contributed by atoms with Crippen molar-refractivity contribution in [1.29, 1.82) is 0 Å². The lowest BCUT2D eigenvalue weighted by atomic mass is 9.70. The summed E-state index contributed by atoms with van der Waals surface area (Å²) in [5.74, 6) is 0.854. The summed E-state index contributed by atoms with van der Waals surface area (Å²) in [5.41, 5.74) is 1.90. The third-order valence-electron chi connectivity index (χ3n) is 3.82. The van der Waals surface area contributed by atoms with Crippen LogP contribution in [0.1, 0.15) is 45.6 Å². The Balaban J connectivity index is 1.87. The Labute approximate surface area is 106 Å². The van der Waals surface area contributed by atoms with Gasteiger partial charge in [0.05, 0.1) is 0 Å². The molecule has 1 aliphatic carbocycles. The molecule has 2 rings (SSSR count). The summed E-state index contributed by atoms with van der Waals surface area (Å²) in [4.78, 5) is 0. The van der Waals surface area contributed by atoms with E-state index in [2.05, 4.69) is 56.4 Å². The largest absolute Gasteiger partial charge is 0.310 e. The monoisotopic (exact) mass is 231 g/mol. The van der Waals surface area contributed by atoms with Gasteiger partial charge in [0.25, 0.3) is 0 Å². The maximum atomic E-state index is 3.72. The number of benzene rings is 1. The van der Waals surface area contributed by atoms with E-state index in [9.17, 15) is 0 Å². The van der Waals surface area contributed by atoms with Gasteiger partial charge in [-0.2, -0.15) is 0 Å². The highest BCUT2D eigenvalue weighted by molar-refractivity contribution is 5.14. The molecule has 0 amide bonds. The maximum Gasteiger partial charge on any atom is 0.0208 e. The van der Waals surface area contributed by atoms with Crippen LogP contribution in [0, 0.1) is 11.3 Å². The smallest absolute Gasteiger partial charge is 0.0208 e. The zero-order valence-corrected chi connectivity index (χ0v) is 11.4. The molecule has 1 heteroatoms. The Morgan fingerprint density at radius 3 is 2.53 bits per heavy atom. The van der Waals surface area contributed by atoms with Gasteiger partial charge in [0.1, 0.15) is 0 Å². The third kappa shape index (κ3) is 3.85. The van der Waals surface area contributed by atoms with Gasteiger partial charge in [-0.25, -0.2) is 0 Å². The molecule has 1 fully saturated rings. The lowest BCUT2D eigenvalue weighted by Gasteiger charge is -2.39. The predicted molar refractivity (Wildman–Crippen MR) is 73.9 cm³/mol. The van der Waals surface area contributed by atoms with Gasteiger partial charge in [0.15, 0.2) is 0 Å². The van der Waals surface area contributed by atoms with E-state index in [4.69, 9.17) is 0 Å². The first kappa shape index (κ1) is 12.6. The van der Waals surface area contributed by atoms with Crippen molar-refractivity contribution in [2.24, 2.45) is 11.3 Å². The first-order chi connectivity index (χ1) is 8.05. The average Bonchev–Trinajstić information content (AvgIpc) is 2.25. The second kappa shape index (κ2) is 5.22. The molecule has 0 saturated heterocycles. The fourth-order valence-electron chi connectivity index (χ4n) is 3.36. The summed E-state index contributed by atoms with van der Waals surface area (Å²) in [7, 11) is 0. The molecule has 1 aliphatic rings. The minimum Gasteiger partial charge on any atom is -0.310 e. The molecule has 1 nitrogen and oxygen atoms in total. The first-order valence-corrected chi connectivity index (χ1v) is 6.82. The normalized spacial score (nSPS) is 27.9. The molecule has 2 atom stereocenters. The predicted octanol–water partition coefficient (Wildman–Crippen LogP) is 3.99. The van der Waals surface area contributed by atoms with Gasteiger partial charge in [-0.15, -0.1) is 0 Å². The van der Waals surface area contributed by atoms with Gasteiger partial charge >= 0.3 is 0 Å². The number of nitrogens with one attached hydrogen (secondary N) is 1. The molecule has 94 valence electrons. The second-order valence-corrected chi connectivity index (χ2v) is 6.48. The molecule has 1 aromatic carbocycles. The van der Waals surface area contributed by atoms with Gasteiger partial charge < -0.3 is 5.32 Å². The fourth-order valence-corrected chi connectivity index (χ4v) is 3.36. The quantitative estimate of drug-likeness (QED) is 0.829. The second-order valence-electron chi connectivity index (χ2n) is 6.48. The van der Waals surface area contributed by atoms with Crippen molar-refractivity contribution >= 4 is 0 Å². The van der Waals surface area contributed by atoms with Crippen LogP contribution in [0.5, 0.6) is 0 Å². The average molecular weight is 231 g/mol. The van der Waals surface area contributed by atoms with Crippen LogP contribution in [0.25, 0.3) is 0 Å². The zero-order valence-electron chi connectivity index (χ0n) is 11.4. The van der Waals surface area contributed by atoms with E-state index in [1.165, 1.54) is 24.8 Å². The molecule has 0 heterocycles. The summed E-state index contributed by atoms with van der Waals surface area (Å²) >= 11 is 0. The van der Waals surface area contributed by atoms with Crippen LogP contribution in [-0.4, -0.2) is 6.04 Å².